The van der Waals surface area contributed by atoms with Crippen molar-refractivity contribution in [2.75, 3.05) is 0 Å². The van der Waals surface area contributed by atoms with Gasteiger partial charge in [0.05, 0.1) is 17.1 Å². The number of halogens is 2. The molecule has 1 aliphatic carbocycles. The summed E-state index contributed by atoms with van der Waals surface area (Å²) in [7, 11) is 0. The van der Waals surface area contributed by atoms with Crippen LogP contribution in [-0.4, -0.2) is 27.0 Å². The smallest absolute Gasteiger partial charge is 0.254 e. The van der Waals surface area contributed by atoms with Gasteiger partial charge in [-0.1, -0.05) is 23.7 Å². The van der Waals surface area contributed by atoms with Gasteiger partial charge in [0.25, 0.3) is 5.91 Å². The van der Waals surface area contributed by atoms with Gasteiger partial charge in [-0.25, -0.2) is 4.39 Å². The summed E-state index contributed by atoms with van der Waals surface area (Å²) in [6.45, 7) is 0.207. The number of benzene rings is 2. The van der Waals surface area contributed by atoms with E-state index in [0.717, 1.165) is 12.8 Å². The Bertz CT molecular complexity index is 938. The maximum atomic E-state index is 13.1. The molecular formula is C19H15ClFN3O2. The van der Waals surface area contributed by atoms with Crippen LogP contribution in [0.2, 0.25) is 5.02 Å². The molecule has 1 aliphatic rings. The average Bonchev–Trinajstić information content (AvgIpc) is 3.38. The van der Waals surface area contributed by atoms with Crippen molar-refractivity contribution in [3.63, 3.8) is 0 Å². The van der Waals surface area contributed by atoms with Crippen LogP contribution in [-0.2, 0) is 6.54 Å². The number of rotatable bonds is 5. The molecule has 5 nitrogen and oxygen atoms in total. The van der Waals surface area contributed by atoms with Crippen LogP contribution in [0.4, 0.5) is 4.39 Å². The second-order valence-corrected chi connectivity index (χ2v) is 6.56. The van der Waals surface area contributed by atoms with Crippen molar-refractivity contribution in [3.8, 4) is 11.5 Å². The summed E-state index contributed by atoms with van der Waals surface area (Å²) in [6, 6.07) is 12.9. The van der Waals surface area contributed by atoms with Crippen LogP contribution in [0.1, 0.15) is 29.1 Å². The number of hydrogen-bond donors (Lipinski definition) is 0. The molecule has 26 heavy (non-hydrogen) atoms. The molecule has 2 aromatic carbocycles. The third-order valence-electron chi connectivity index (χ3n) is 4.22. The first-order chi connectivity index (χ1) is 12.6. The van der Waals surface area contributed by atoms with Crippen LogP contribution in [0.15, 0.2) is 52.9 Å². The topological polar surface area (TPSA) is 59.2 Å². The Morgan fingerprint density at radius 3 is 2.58 bits per heavy atom. The van der Waals surface area contributed by atoms with E-state index in [1.54, 1.807) is 17.0 Å². The Kier molecular flexibility index (Phi) is 4.42. The molecule has 0 unspecified atom stereocenters. The zero-order chi connectivity index (χ0) is 18.1. The lowest BCUT2D eigenvalue weighted by Crippen LogP contribution is -2.32. The van der Waals surface area contributed by atoms with Crippen molar-refractivity contribution in [2.24, 2.45) is 0 Å². The molecule has 0 N–H and O–H groups in total. The Morgan fingerprint density at radius 1 is 1.15 bits per heavy atom. The summed E-state index contributed by atoms with van der Waals surface area (Å²) < 4.78 is 18.8. The van der Waals surface area contributed by atoms with Crippen molar-refractivity contribution < 1.29 is 13.6 Å². The predicted octanol–water partition coefficient (Wildman–Crippen LogP) is 4.33. The molecule has 1 amide bonds. The maximum Gasteiger partial charge on any atom is 0.254 e. The quantitative estimate of drug-likeness (QED) is 0.669. The van der Waals surface area contributed by atoms with Crippen LogP contribution in [0.5, 0.6) is 0 Å². The van der Waals surface area contributed by atoms with E-state index < -0.39 is 0 Å². The highest BCUT2D eigenvalue weighted by Gasteiger charge is 2.34. The van der Waals surface area contributed by atoms with E-state index in [9.17, 15) is 9.18 Å². The number of amides is 1. The molecule has 1 saturated carbocycles. The van der Waals surface area contributed by atoms with Gasteiger partial charge in [-0.2, -0.15) is 0 Å². The maximum absolute atomic E-state index is 13.1. The molecule has 0 saturated heterocycles. The first-order valence-corrected chi connectivity index (χ1v) is 8.63. The van der Waals surface area contributed by atoms with E-state index in [2.05, 4.69) is 10.2 Å². The van der Waals surface area contributed by atoms with Crippen LogP contribution < -0.4 is 0 Å². The van der Waals surface area contributed by atoms with Gasteiger partial charge < -0.3 is 9.32 Å². The molecule has 1 heterocycles. The average molecular weight is 372 g/mol. The van der Waals surface area contributed by atoms with Gasteiger partial charge in [0.15, 0.2) is 0 Å². The minimum atomic E-state index is -0.374. The van der Waals surface area contributed by atoms with E-state index in [4.69, 9.17) is 16.0 Å². The summed E-state index contributed by atoms with van der Waals surface area (Å²) in [5.74, 6) is 0.101. The van der Waals surface area contributed by atoms with Crippen LogP contribution >= 0.6 is 11.6 Å². The van der Waals surface area contributed by atoms with Gasteiger partial charge in [0, 0.05) is 11.6 Å². The molecule has 3 aromatic rings. The molecule has 7 heteroatoms. The second-order valence-electron chi connectivity index (χ2n) is 6.15. The summed E-state index contributed by atoms with van der Waals surface area (Å²) >= 11 is 6.15. The van der Waals surface area contributed by atoms with E-state index >= 15 is 0 Å². The van der Waals surface area contributed by atoms with E-state index in [1.165, 1.54) is 24.3 Å². The van der Waals surface area contributed by atoms with Gasteiger partial charge in [0.2, 0.25) is 11.8 Å². The number of nitrogens with zero attached hydrogens (tertiary/aromatic N) is 3. The molecule has 0 atom stereocenters. The first-order valence-electron chi connectivity index (χ1n) is 8.25. The minimum Gasteiger partial charge on any atom is -0.419 e. The molecule has 132 valence electrons. The number of carbonyl (C=O) groups is 1. The fourth-order valence-electron chi connectivity index (χ4n) is 2.72. The highest BCUT2D eigenvalue weighted by Crippen LogP contribution is 2.31. The summed E-state index contributed by atoms with van der Waals surface area (Å²) in [4.78, 5) is 14.5. The Balaban J connectivity index is 1.55. The van der Waals surface area contributed by atoms with Gasteiger partial charge in [0.1, 0.15) is 5.82 Å². The molecule has 1 fully saturated rings. The molecular weight excluding hydrogens is 357 g/mol. The van der Waals surface area contributed by atoms with Crippen molar-refractivity contribution in [1.82, 2.24) is 15.1 Å². The molecule has 4 rings (SSSR count). The molecule has 1 aromatic heterocycles. The monoisotopic (exact) mass is 371 g/mol. The highest BCUT2D eigenvalue weighted by atomic mass is 35.5. The predicted molar refractivity (Wildman–Crippen MR) is 94.0 cm³/mol. The second kappa shape index (κ2) is 6.88. The molecule has 0 aliphatic heterocycles. The number of carbonyl (C=O) groups excluding carboxylic acids is 1. The van der Waals surface area contributed by atoms with Crippen LogP contribution in [0.25, 0.3) is 11.5 Å². The lowest BCUT2D eigenvalue weighted by atomic mass is 10.2. The number of aromatic nitrogens is 2. The van der Waals surface area contributed by atoms with Gasteiger partial charge in [-0.3, -0.25) is 4.79 Å². The highest BCUT2D eigenvalue weighted by molar-refractivity contribution is 6.33. The standard InChI is InChI=1S/C19H15ClFN3O2/c20-16-4-2-1-3-15(16)18-23-22-17(26-18)11-24(14-9-10-14)19(25)12-5-7-13(21)8-6-12/h1-8,14H,9-11H2. The Labute approximate surface area is 154 Å². The summed E-state index contributed by atoms with van der Waals surface area (Å²) in [5, 5.41) is 8.60. The lowest BCUT2D eigenvalue weighted by molar-refractivity contribution is 0.0714. The summed E-state index contributed by atoms with van der Waals surface area (Å²) in [6.07, 6.45) is 1.86. The molecule has 0 radical (unpaired) electrons. The van der Waals surface area contributed by atoms with E-state index in [1.807, 2.05) is 12.1 Å². The van der Waals surface area contributed by atoms with E-state index in [0.29, 0.717) is 27.9 Å². The van der Waals surface area contributed by atoms with Gasteiger partial charge in [-0.05, 0) is 49.2 Å². The Hall–Kier alpha value is -2.73. The fourth-order valence-corrected chi connectivity index (χ4v) is 2.93. The van der Waals surface area contributed by atoms with Gasteiger partial charge >= 0.3 is 0 Å². The SMILES string of the molecule is O=C(c1ccc(F)cc1)N(Cc1nnc(-c2ccccc2Cl)o1)C1CC1. The normalized spacial score (nSPS) is 13.6. The van der Waals surface area contributed by atoms with Crippen LogP contribution in [0.3, 0.4) is 0 Å². The van der Waals surface area contributed by atoms with Crippen molar-refractivity contribution >= 4 is 17.5 Å². The Morgan fingerprint density at radius 2 is 1.88 bits per heavy atom. The minimum absolute atomic E-state index is 0.142. The van der Waals surface area contributed by atoms with Crippen molar-refractivity contribution in [2.45, 2.75) is 25.4 Å². The largest absolute Gasteiger partial charge is 0.419 e. The summed E-state index contributed by atoms with van der Waals surface area (Å²) in [5.41, 5.74) is 1.08. The lowest BCUT2D eigenvalue weighted by Gasteiger charge is -2.20. The van der Waals surface area contributed by atoms with Gasteiger partial charge in [-0.15, -0.1) is 10.2 Å². The van der Waals surface area contributed by atoms with E-state index in [-0.39, 0.29) is 24.3 Å². The first kappa shape index (κ1) is 16.7. The van der Waals surface area contributed by atoms with Crippen LogP contribution in [0, 0.1) is 5.82 Å². The zero-order valence-corrected chi connectivity index (χ0v) is 14.5. The zero-order valence-electron chi connectivity index (χ0n) is 13.7. The number of hydrogen-bond acceptors (Lipinski definition) is 4. The third-order valence-corrected chi connectivity index (χ3v) is 4.55. The van der Waals surface area contributed by atoms with Crippen molar-refractivity contribution in [1.29, 1.82) is 0 Å². The third kappa shape index (κ3) is 3.46. The molecule has 0 bridgehead atoms. The molecule has 0 spiro atoms. The fraction of sp³-hybridized carbons (Fsp3) is 0.211. The van der Waals surface area contributed by atoms with Crippen molar-refractivity contribution in [3.05, 3.63) is 70.8 Å².